The van der Waals surface area contributed by atoms with Crippen LogP contribution < -0.4 is 16.0 Å². The molecule has 0 saturated carbocycles. The molecule has 18 heavy (non-hydrogen) atoms. The van der Waals surface area contributed by atoms with Crippen molar-refractivity contribution in [3.63, 3.8) is 0 Å². The fourth-order valence-electron chi connectivity index (χ4n) is 1.89. The van der Waals surface area contributed by atoms with Crippen LogP contribution in [0.5, 0.6) is 0 Å². The number of halogens is 1. The summed E-state index contributed by atoms with van der Waals surface area (Å²) in [6, 6.07) is 0. The average molecular weight is 271 g/mol. The highest BCUT2D eigenvalue weighted by atomic mass is 35.5. The lowest BCUT2D eigenvalue weighted by molar-refractivity contribution is -0.121. The Hall–Kier alpha value is -1.63. The zero-order valence-electron chi connectivity index (χ0n) is 10.1. The highest BCUT2D eigenvalue weighted by molar-refractivity contribution is 6.28. The van der Waals surface area contributed by atoms with Crippen LogP contribution in [-0.2, 0) is 4.79 Å². The van der Waals surface area contributed by atoms with Gasteiger partial charge in [-0.3, -0.25) is 4.79 Å². The van der Waals surface area contributed by atoms with Crippen molar-refractivity contribution in [3.05, 3.63) is 5.28 Å². The average Bonchev–Trinajstić information content (AvgIpc) is 2.78. The van der Waals surface area contributed by atoms with Crippen LogP contribution in [0.1, 0.15) is 13.3 Å². The molecule has 0 spiro atoms. The Balaban J connectivity index is 2.16. The first-order valence-electron chi connectivity index (χ1n) is 5.80. The second-order valence-corrected chi connectivity index (χ2v) is 4.43. The molecular weight excluding hydrogens is 256 g/mol. The monoisotopic (exact) mass is 270 g/mol. The standard InChI is InChI=1S/C10H15ClN6O/c1-2-13-9-14-8(11)15-10(16-9)17-4-3-6(5-17)7(12)18/h6H,2-5H2,1H3,(H2,12,18)(H,13,14,15,16). The Morgan fingerprint density at radius 2 is 2.33 bits per heavy atom. The number of hydrogen-bond acceptors (Lipinski definition) is 6. The molecule has 3 N–H and O–H groups in total. The largest absolute Gasteiger partial charge is 0.369 e. The smallest absolute Gasteiger partial charge is 0.231 e. The molecule has 0 aromatic carbocycles. The minimum atomic E-state index is -0.287. The van der Waals surface area contributed by atoms with Gasteiger partial charge in [-0.25, -0.2) is 0 Å². The third kappa shape index (κ3) is 2.79. The van der Waals surface area contributed by atoms with E-state index >= 15 is 0 Å². The Morgan fingerprint density at radius 1 is 1.56 bits per heavy atom. The number of nitrogens with two attached hydrogens (primary N) is 1. The Kier molecular flexibility index (Phi) is 3.81. The van der Waals surface area contributed by atoms with Crippen molar-refractivity contribution in [1.82, 2.24) is 15.0 Å². The summed E-state index contributed by atoms with van der Waals surface area (Å²) in [6.07, 6.45) is 0.717. The van der Waals surface area contributed by atoms with Gasteiger partial charge in [0.2, 0.25) is 23.1 Å². The van der Waals surface area contributed by atoms with Crippen LogP contribution in [0.15, 0.2) is 0 Å². The fraction of sp³-hybridized carbons (Fsp3) is 0.600. The molecule has 1 aliphatic heterocycles. The first-order valence-corrected chi connectivity index (χ1v) is 6.17. The third-order valence-electron chi connectivity index (χ3n) is 2.80. The number of hydrogen-bond donors (Lipinski definition) is 2. The maximum absolute atomic E-state index is 11.1. The molecule has 0 aliphatic carbocycles. The van der Waals surface area contributed by atoms with Crippen LogP contribution in [0.4, 0.5) is 11.9 Å². The van der Waals surface area contributed by atoms with Gasteiger partial charge in [0.05, 0.1) is 5.92 Å². The van der Waals surface area contributed by atoms with Crippen LogP contribution in [-0.4, -0.2) is 40.5 Å². The molecule has 1 atom stereocenters. The summed E-state index contributed by atoms with van der Waals surface area (Å²) in [4.78, 5) is 25.3. The number of rotatable bonds is 4. The van der Waals surface area contributed by atoms with Crippen molar-refractivity contribution >= 4 is 29.4 Å². The summed E-state index contributed by atoms with van der Waals surface area (Å²) in [6.45, 7) is 3.86. The minimum absolute atomic E-state index is 0.137. The summed E-state index contributed by atoms with van der Waals surface area (Å²) in [5.41, 5.74) is 5.29. The van der Waals surface area contributed by atoms with Crippen LogP contribution in [0.3, 0.4) is 0 Å². The zero-order valence-corrected chi connectivity index (χ0v) is 10.8. The molecule has 1 saturated heterocycles. The molecule has 1 aliphatic rings. The second kappa shape index (κ2) is 5.34. The lowest BCUT2D eigenvalue weighted by atomic mass is 10.1. The molecule has 8 heteroatoms. The second-order valence-electron chi connectivity index (χ2n) is 4.09. The minimum Gasteiger partial charge on any atom is -0.369 e. The number of carbonyl (C=O) groups excluding carboxylic acids is 1. The van der Waals surface area contributed by atoms with E-state index in [0.717, 1.165) is 6.42 Å². The van der Waals surface area contributed by atoms with Gasteiger partial charge in [-0.15, -0.1) is 0 Å². The molecule has 98 valence electrons. The van der Waals surface area contributed by atoms with Crippen LogP contribution in [0.2, 0.25) is 5.28 Å². The quantitative estimate of drug-likeness (QED) is 0.815. The highest BCUT2D eigenvalue weighted by Gasteiger charge is 2.28. The van der Waals surface area contributed by atoms with E-state index in [0.29, 0.717) is 31.5 Å². The third-order valence-corrected chi connectivity index (χ3v) is 2.97. The molecule has 1 amide bonds. The first-order chi connectivity index (χ1) is 8.60. The molecule has 0 radical (unpaired) electrons. The predicted molar refractivity (Wildman–Crippen MR) is 68.5 cm³/mol. The van der Waals surface area contributed by atoms with Gasteiger partial charge >= 0.3 is 0 Å². The van der Waals surface area contributed by atoms with E-state index in [4.69, 9.17) is 17.3 Å². The summed E-state index contributed by atoms with van der Waals surface area (Å²) in [5.74, 6) is 0.484. The van der Waals surface area contributed by atoms with Crippen molar-refractivity contribution < 1.29 is 4.79 Å². The van der Waals surface area contributed by atoms with Crippen molar-refractivity contribution in [2.75, 3.05) is 29.9 Å². The van der Waals surface area contributed by atoms with Crippen molar-refractivity contribution in [2.45, 2.75) is 13.3 Å². The van der Waals surface area contributed by atoms with Gasteiger partial charge in [0, 0.05) is 19.6 Å². The van der Waals surface area contributed by atoms with Crippen molar-refractivity contribution in [2.24, 2.45) is 11.7 Å². The van der Waals surface area contributed by atoms with Gasteiger partial charge in [-0.05, 0) is 24.9 Å². The summed E-state index contributed by atoms with van der Waals surface area (Å²) in [5, 5.41) is 3.12. The number of amides is 1. The Morgan fingerprint density at radius 3 is 2.94 bits per heavy atom. The number of carbonyl (C=O) groups is 1. The van der Waals surface area contributed by atoms with E-state index < -0.39 is 0 Å². The van der Waals surface area contributed by atoms with Gasteiger partial charge < -0.3 is 16.0 Å². The summed E-state index contributed by atoms with van der Waals surface area (Å²) in [7, 11) is 0. The SMILES string of the molecule is CCNc1nc(Cl)nc(N2CCC(C(N)=O)C2)n1. The maximum atomic E-state index is 11.1. The van der Waals surface area contributed by atoms with Crippen LogP contribution in [0.25, 0.3) is 0 Å². The zero-order chi connectivity index (χ0) is 13.1. The molecule has 1 unspecified atom stereocenters. The molecule has 1 aromatic heterocycles. The molecule has 1 aromatic rings. The van der Waals surface area contributed by atoms with E-state index in [-0.39, 0.29) is 17.1 Å². The fourth-order valence-corrected chi connectivity index (χ4v) is 2.05. The van der Waals surface area contributed by atoms with Gasteiger partial charge in [0.25, 0.3) is 0 Å². The molecule has 2 rings (SSSR count). The van der Waals surface area contributed by atoms with Gasteiger partial charge in [-0.1, -0.05) is 0 Å². The number of nitrogens with zero attached hydrogens (tertiary/aromatic N) is 4. The Bertz CT molecular complexity index is 454. The molecule has 7 nitrogen and oxygen atoms in total. The normalized spacial score (nSPS) is 19.0. The van der Waals surface area contributed by atoms with Crippen LogP contribution in [0, 0.1) is 5.92 Å². The number of primary amides is 1. The molecular formula is C10H15ClN6O. The van der Waals surface area contributed by atoms with Gasteiger partial charge in [0.15, 0.2) is 0 Å². The summed E-state index contributed by atoms with van der Waals surface area (Å²) >= 11 is 5.84. The van der Waals surface area contributed by atoms with E-state index in [9.17, 15) is 4.79 Å². The number of aromatic nitrogens is 3. The highest BCUT2D eigenvalue weighted by Crippen LogP contribution is 2.22. The topological polar surface area (TPSA) is 97.0 Å². The maximum Gasteiger partial charge on any atom is 0.231 e. The van der Waals surface area contributed by atoms with E-state index in [1.807, 2.05) is 11.8 Å². The van der Waals surface area contributed by atoms with Crippen molar-refractivity contribution in [3.8, 4) is 0 Å². The van der Waals surface area contributed by atoms with Gasteiger partial charge in [-0.2, -0.15) is 15.0 Å². The van der Waals surface area contributed by atoms with Gasteiger partial charge in [0.1, 0.15) is 0 Å². The number of nitrogens with one attached hydrogen (secondary N) is 1. The predicted octanol–water partition coefficient (Wildman–Crippen LogP) is 0.268. The number of anilines is 2. The van der Waals surface area contributed by atoms with E-state index in [2.05, 4.69) is 20.3 Å². The van der Waals surface area contributed by atoms with Crippen LogP contribution >= 0.6 is 11.6 Å². The van der Waals surface area contributed by atoms with E-state index in [1.165, 1.54) is 0 Å². The lowest BCUT2D eigenvalue weighted by Gasteiger charge is -2.16. The van der Waals surface area contributed by atoms with E-state index in [1.54, 1.807) is 0 Å². The molecule has 0 bridgehead atoms. The molecule has 2 heterocycles. The molecule has 1 fully saturated rings. The first kappa shape index (κ1) is 12.8. The summed E-state index contributed by atoms with van der Waals surface area (Å²) < 4.78 is 0. The van der Waals surface area contributed by atoms with Crippen molar-refractivity contribution in [1.29, 1.82) is 0 Å². The lowest BCUT2D eigenvalue weighted by Crippen LogP contribution is -2.28. The Labute approximate surface area is 110 Å².